The summed E-state index contributed by atoms with van der Waals surface area (Å²) in [6, 6.07) is 33.1. The van der Waals surface area contributed by atoms with Crippen molar-refractivity contribution in [1.29, 1.82) is 0 Å². The Morgan fingerprint density at radius 2 is 1.58 bits per heavy atom. The second kappa shape index (κ2) is 20.2. The zero-order chi connectivity index (χ0) is 42.8. The lowest BCUT2D eigenvalue weighted by molar-refractivity contribution is -0.384. The van der Waals surface area contributed by atoms with Gasteiger partial charge in [-0.3, -0.25) is 19.8 Å². The van der Waals surface area contributed by atoms with Crippen LogP contribution in [0.1, 0.15) is 32.7 Å². The number of hydrogen-bond donors (Lipinski definition) is 2. The fraction of sp³-hybridized carbons (Fsp3) is 0.273. The largest absolute Gasteiger partial charge is 0.465 e. The molecule has 5 aromatic rings. The Balaban J connectivity index is 1.08. The monoisotopic (exact) mass is 870 g/mol. The van der Waals surface area contributed by atoms with Gasteiger partial charge < -0.3 is 19.9 Å². The van der Waals surface area contributed by atoms with E-state index in [0.29, 0.717) is 42.4 Å². The van der Waals surface area contributed by atoms with Crippen molar-refractivity contribution < 1.29 is 27.7 Å². The molecule has 0 aromatic heterocycles. The summed E-state index contributed by atoms with van der Waals surface area (Å²) in [5, 5.41) is 16.1. The number of halogens is 1. The van der Waals surface area contributed by atoms with E-state index in [-0.39, 0.29) is 17.3 Å². The summed E-state index contributed by atoms with van der Waals surface area (Å²) in [5.41, 5.74) is 4.21. The zero-order valence-electron chi connectivity index (χ0n) is 33.5. The van der Waals surface area contributed by atoms with Crippen LogP contribution in [0.15, 0.2) is 125 Å². The van der Waals surface area contributed by atoms with Gasteiger partial charge in [0.2, 0.25) is 0 Å². The Hall–Kier alpha value is -5.45. The number of thioether (sulfide) groups is 1. The molecule has 1 amide bonds. The molecule has 1 aliphatic rings. The molecule has 0 saturated carbocycles. The van der Waals surface area contributed by atoms with Crippen LogP contribution in [0.3, 0.4) is 0 Å². The van der Waals surface area contributed by atoms with Crippen LogP contribution in [0.4, 0.5) is 17.1 Å². The van der Waals surface area contributed by atoms with Crippen molar-refractivity contribution in [3.8, 4) is 11.1 Å². The van der Waals surface area contributed by atoms with E-state index < -0.39 is 37.4 Å². The van der Waals surface area contributed by atoms with E-state index in [1.54, 1.807) is 42.1 Å². The van der Waals surface area contributed by atoms with E-state index in [1.165, 1.54) is 19.2 Å². The Labute approximate surface area is 359 Å². The average Bonchev–Trinajstić information content (AvgIpc) is 3.25. The minimum atomic E-state index is -4.46. The second-order valence-electron chi connectivity index (χ2n) is 14.6. The molecule has 314 valence electrons. The molecule has 16 heteroatoms. The lowest BCUT2D eigenvalue weighted by Gasteiger charge is -2.36. The van der Waals surface area contributed by atoms with Crippen molar-refractivity contribution >= 4 is 62.3 Å². The molecule has 0 spiro atoms. The minimum absolute atomic E-state index is 0.119. The van der Waals surface area contributed by atoms with E-state index in [0.717, 1.165) is 53.0 Å². The third-order valence-corrected chi connectivity index (χ3v) is 12.9. The number of carbonyl (C=O) groups is 2. The van der Waals surface area contributed by atoms with Crippen LogP contribution in [0.25, 0.3) is 11.1 Å². The molecule has 60 heavy (non-hydrogen) atoms. The molecule has 1 heterocycles. The number of rotatable bonds is 17. The standard InChI is InChI=1S/C44H47ClN6O7S2/c1-48(2)22-21-36(30-59-38-7-5-4-6-8-38)46-41-20-18-39(28-42(41)51(54)55)60(56,57)47-43(52)32-11-16-37(17-12-32)50-25-23-49(24-26-50)29-34-27-33(44(53)58-3)13-19-40(34)31-9-14-35(45)15-10-31/h4-20,27-28,36,46H,21-26,29-30H2,1-3H3,(H,47,52)/t36-/m1/s1. The van der Waals surface area contributed by atoms with Crippen molar-refractivity contribution in [2.45, 2.75) is 28.8 Å². The highest BCUT2D eigenvalue weighted by Gasteiger charge is 2.26. The zero-order valence-corrected chi connectivity index (χ0v) is 35.9. The van der Waals surface area contributed by atoms with Crippen molar-refractivity contribution in [3.05, 3.63) is 147 Å². The number of nitro groups is 1. The van der Waals surface area contributed by atoms with Crippen molar-refractivity contribution in [2.75, 3.05) is 69.9 Å². The molecule has 0 bridgehead atoms. The normalized spacial score (nSPS) is 13.8. The van der Waals surface area contributed by atoms with E-state index in [1.807, 2.05) is 85.7 Å². The number of sulfonamides is 1. The van der Waals surface area contributed by atoms with Gasteiger partial charge in [-0.05, 0) is 117 Å². The van der Waals surface area contributed by atoms with E-state index in [9.17, 15) is 28.1 Å². The molecule has 13 nitrogen and oxygen atoms in total. The number of piperazine rings is 1. The molecule has 1 aliphatic heterocycles. The highest BCUT2D eigenvalue weighted by atomic mass is 35.5. The first kappa shape index (κ1) is 44.1. The first-order valence-corrected chi connectivity index (χ1v) is 22.1. The maximum Gasteiger partial charge on any atom is 0.337 e. The van der Waals surface area contributed by atoms with Crippen molar-refractivity contribution in [3.63, 3.8) is 0 Å². The summed E-state index contributed by atoms with van der Waals surface area (Å²) in [4.78, 5) is 44.3. The van der Waals surface area contributed by atoms with Crippen LogP contribution in [-0.4, -0.2) is 101 Å². The highest BCUT2D eigenvalue weighted by molar-refractivity contribution is 7.99. The van der Waals surface area contributed by atoms with Gasteiger partial charge in [-0.25, -0.2) is 17.9 Å². The van der Waals surface area contributed by atoms with Gasteiger partial charge in [0.15, 0.2) is 0 Å². The van der Waals surface area contributed by atoms with Gasteiger partial charge >= 0.3 is 5.97 Å². The number of esters is 1. The number of ether oxygens (including phenoxy) is 1. The number of anilines is 2. The van der Waals surface area contributed by atoms with Gasteiger partial charge in [-0.1, -0.05) is 48.0 Å². The maximum atomic E-state index is 13.4. The third-order valence-electron chi connectivity index (χ3n) is 10.1. The number of amides is 1. The van der Waals surface area contributed by atoms with Crippen LogP contribution in [0, 0.1) is 10.1 Å². The summed E-state index contributed by atoms with van der Waals surface area (Å²) in [7, 11) is 0.801. The number of methoxy groups -OCH3 is 1. The van der Waals surface area contributed by atoms with Crippen LogP contribution >= 0.6 is 23.4 Å². The third kappa shape index (κ3) is 11.6. The number of nitrogens with one attached hydrogen (secondary N) is 2. The maximum absolute atomic E-state index is 13.4. The molecule has 2 N–H and O–H groups in total. The predicted molar refractivity (Wildman–Crippen MR) is 238 cm³/mol. The Morgan fingerprint density at radius 3 is 2.23 bits per heavy atom. The van der Waals surface area contributed by atoms with Crippen LogP contribution < -0.4 is 14.9 Å². The number of benzene rings is 5. The Bertz CT molecular complexity index is 2400. The van der Waals surface area contributed by atoms with Crippen molar-refractivity contribution in [1.82, 2.24) is 14.5 Å². The van der Waals surface area contributed by atoms with E-state index in [4.69, 9.17) is 16.3 Å². The first-order valence-electron chi connectivity index (χ1n) is 19.3. The summed E-state index contributed by atoms with van der Waals surface area (Å²) in [6.45, 7) is 4.19. The van der Waals surface area contributed by atoms with Crippen LogP contribution in [-0.2, 0) is 21.3 Å². The Kier molecular flexibility index (Phi) is 14.9. The molecule has 1 atom stereocenters. The molecular weight excluding hydrogens is 824 g/mol. The van der Waals surface area contributed by atoms with Gasteiger partial charge in [0.25, 0.3) is 21.6 Å². The summed E-state index contributed by atoms with van der Waals surface area (Å²) in [6.07, 6.45) is 0.691. The Morgan fingerprint density at radius 1 is 0.900 bits per heavy atom. The van der Waals surface area contributed by atoms with Gasteiger partial charge in [-0.2, -0.15) is 0 Å². The number of nitrogens with zero attached hydrogens (tertiary/aromatic N) is 4. The molecule has 0 aliphatic carbocycles. The molecule has 1 saturated heterocycles. The predicted octanol–water partition coefficient (Wildman–Crippen LogP) is 7.67. The average molecular weight is 871 g/mol. The number of nitro benzene ring substituents is 1. The quantitative estimate of drug-likeness (QED) is 0.0408. The van der Waals surface area contributed by atoms with Gasteiger partial charge in [0.1, 0.15) is 5.69 Å². The van der Waals surface area contributed by atoms with E-state index in [2.05, 4.69) is 19.8 Å². The topological polar surface area (TPSA) is 154 Å². The van der Waals surface area contributed by atoms with Crippen LogP contribution in [0.2, 0.25) is 5.02 Å². The van der Waals surface area contributed by atoms with Crippen molar-refractivity contribution in [2.24, 2.45) is 0 Å². The highest BCUT2D eigenvalue weighted by Crippen LogP contribution is 2.31. The molecule has 0 unspecified atom stereocenters. The fourth-order valence-corrected chi connectivity index (χ4v) is 8.96. The van der Waals surface area contributed by atoms with E-state index >= 15 is 0 Å². The number of carbonyl (C=O) groups excluding carboxylic acids is 2. The van der Waals surface area contributed by atoms with Gasteiger partial charge in [0.05, 0.1) is 22.5 Å². The summed E-state index contributed by atoms with van der Waals surface area (Å²) >= 11 is 7.76. The summed E-state index contributed by atoms with van der Waals surface area (Å²) in [5.74, 6) is -0.635. The van der Waals surface area contributed by atoms with Gasteiger partial charge in [0, 0.05) is 71.8 Å². The lowest BCUT2D eigenvalue weighted by Crippen LogP contribution is -2.46. The molecule has 5 aromatic carbocycles. The molecular formula is C44H47ClN6O7S2. The second-order valence-corrected chi connectivity index (χ2v) is 17.8. The van der Waals surface area contributed by atoms with Gasteiger partial charge in [-0.15, -0.1) is 11.8 Å². The smallest absolute Gasteiger partial charge is 0.337 e. The molecule has 1 fully saturated rings. The molecule has 6 rings (SSSR count). The molecule has 0 radical (unpaired) electrons. The summed E-state index contributed by atoms with van der Waals surface area (Å²) < 4.78 is 33.8. The first-order chi connectivity index (χ1) is 28.8. The van der Waals surface area contributed by atoms with Crippen LogP contribution in [0.5, 0.6) is 0 Å². The minimum Gasteiger partial charge on any atom is -0.465 e. The lowest BCUT2D eigenvalue weighted by atomic mass is 9.97. The number of hydrogen-bond acceptors (Lipinski definition) is 12. The SMILES string of the molecule is COC(=O)c1ccc(-c2ccc(Cl)cc2)c(CN2CCN(c3ccc(C(=O)NS(=O)(=O)c4ccc(N[C@H](CCN(C)C)CSc5ccccc5)c([N+](=O)[O-])c4)cc3)CC2)c1. The fourth-order valence-electron chi connectivity index (χ4n) is 6.85.